The van der Waals surface area contributed by atoms with Crippen molar-refractivity contribution in [2.24, 2.45) is 5.92 Å². The second-order valence-electron chi connectivity index (χ2n) is 5.48. The molecule has 17 heavy (non-hydrogen) atoms. The van der Waals surface area contributed by atoms with Gasteiger partial charge in [-0.3, -0.25) is 0 Å². The molecule has 0 spiro atoms. The number of hydrogen-bond acceptors (Lipinski definition) is 1. The number of rotatable bonds is 13. The Morgan fingerprint density at radius 2 is 1.24 bits per heavy atom. The summed E-state index contributed by atoms with van der Waals surface area (Å²) in [5.74, 6) is 0.941. The summed E-state index contributed by atoms with van der Waals surface area (Å²) in [5, 5.41) is 0. The molecule has 104 valence electrons. The molecule has 0 heterocycles. The van der Waals surface area contributed by atoms with Crippen molar-refractivity contribution in [1.82, 2.24) is 0 Å². The van der Waals surface area contributed by atoms with E-state index in [1.807, 2.05) is 0 Å². The van der Waals surface area contributed by atoms with Gasteiger partial charge in [-0.05, 0) is 12.3 Å². The van der Waals surface area contributed by atoms with Gasteiger partial charge in [0.1, 0.15) is 0 Å². The van der Waals surface area contributed by atoms with Crippen LogP contribution in [0.3, 0.4) is 0 Å². The zero-order valence-electron chi connectivity index (χ0n) is 12.5. The highest BCUT2D eigenvalue weighted by Crippen LogP contribution is 2.14. The fraction of sp³-hybridized carbons (Fsp3) is 1.00. The second kappa shape index (κ2) is 14.0. The van der Waals surface area contributed by atoms with E-state index in [1.165, 1.54) is 70.6 Å². The lowest BCUT2D eigenvalue weighted by atomic mass is 9.99. The van der Waals surface area contributed by atoms with Crippen LogP contribution >= 0.6 is 0 Å². The summed E-state index contributed by atoms with van der Waals surface area (Å²) in [6, 6.07) is 0. The van der Waals surface area contributed by atoms with E-state index < -0.39 is 0 Å². The summed E-state index contributed by atoms with van der Waals surface area (Å²) in [7, 11) is 1.79. The van der Waals surface area contributed by atoms with E-state index in [-0.39, 0.29) is 0 Å². The highest BCUT2D eigenvalue weighted by atomic mass is 16.5. The van der Waals surface area contributed by atoms with Gasteiger partial charge in [-0.25, -0.2) is 0 Å². The van der Waals surface area contributed by atoms with Crippen molar-refractivity contribution in [3.63, 3.8) is 0 Å². The van der Waals surface area contributed by atoms with Gasteiger partial charge in [0, 0.05) is 13.7 Å². The Morgan fingerprint density at radius 3 is 1.71 bits per heavy atom. The average molecular weight is 242 g/mol. The van der Waals surface area contributed by atoms with Gasteiger partial charge >= 0.3 is 0 Å². The van der Waals surface area contributed by atoms with E-state index in [9.17, 15) is 0 Å². The van der Waals surface area contributed by atoms with Crippen LogP contribution in [0.2, 0.25) is 0 Å². The zero-order valence-corrected chi connectivity index (χ0v) is 12.5. The van der Waals surface area contributed by atoms with E-state index >= 15 is 0 Å². The SMILES string of the molecule is CCC(C)CCCCCCCCCCCOC. The van der Waals surface area contributed by atoms with Gasteiger partial charge in [-0.1, -0.05) is 78.1 Å². The van der Waals surface area contributed by atoms with Gasteiger partial charge in [0.25, 0.3) is 0 Å². The van der Waals surface area contributed by atoms with E-state index in [2.05, 4.69) is 13.8 Å². The molecule has 1 unspecified atom stereocenters. The van der Waals surface area contributed by atoms with Crippen LogP contribution in [0.25, 0.3) is 0 Å². The Hall–Kier alpha value is -0.0400. The van der Waals surface area contributed by atoms with Crippen molar-refractivity contribution in [3.8, 4) is 0 Å². The summed E-state index contributed by atoms with van der Waals surface area (Å²) in [5.41, 5.74) is 0. The van der Waals surface area contributed by atoms with E-state index in [4.69, 9.17) is 4.74 Å². The highest BCUT2D eigenvalue weighted by molar-refractivity contribution is 4.52. The molecule has 0 radical (unpaired) electrons. The molecule has 0 aliphatic rings. The Kier molecular flexibility index (Phi) is 14.0. The third-order valence-corrected chi connectivity index (χ3v) is 3.74. The smallest absolute Gasteiger partial charge is 0.0462 e. The molecule has 0 N–H and O–H groups in total. The average Bonchev–Trinajstić information content (AvgIpc) is 2.35. The van der Waals surface area contributed by atoms with Crippen molar-refractivity contribution in [1.29, 1.82) is 0 Å². The lowest BCUT2D eigenvalue weighted by molar-refractivity contribution is 0.192. The van der Waals surface area contributed by atoms with Crippen LogP contribution in [-0.2, 0) is 4.74 Å². The quantitative estimate of drug-likeness (QED) is 0.383. The first-order valence-corrected chi connectivity index (χ1v) is 7.80. The van der Waals surface area contributed by atoms with Crippen LogP contribution in [0, 0.1) is 5.92 Å². The molecule has 0 bridgehead atoms. The van der Waals surface area contributed by atoms with Crippen LogP contribution in [-0.4, -0.2) is 13.7 Å². The van der Waals surface area contributed by atoms with Crippen molar-refractivity contribution < 1.29 is 4.74 Å². The van der Waals surface area contributed by atoms with Crippen LogP contribution < -0.4 is 0 Å². The third-order valence-electron chi connectivity index (χ3n) is 3.74. The normalized spacial score (nSPS) is 12.9. The first-order chi connectivity index (χ1) is 8.31. The summed E-state index contributed by atoms with van der Waals surface area (Å²) in [6.45, 7) is 5.61. The van der Waals surface area contributed by atoms with Gasteiger partial charge in [-0.2, -0.15) is 0 Å². The third kappa shape index (κ3) is 13.9. The molecule has 0 aromatic heterocycles. The predicted molar refractivity (Wildman–Crippen MR) is 77.5 cm³/mol. The minimum absolute atomic E-state index is 0.940. The number of unbranched alkanes of at least 4 members (excludes halogenated alkanes) is 8. The van der Waals surface area contributed by atoms with Crippen molar-refractivity contribution in [3.05, 3.63) is 0 Å². The number of ether oxygens (including phenoxy) is 1. The second-order valence-corrected chi connectivity index (χ2v) is 5.48. The summed E-state index contributed by atoms with van der Waals surface area (Å²) in [4.78, 5) is 0. The zero-order chi connectivity index (χ0) is 12.8. The van der Waals surface area contributed by atoms with Gasteiger partial charge in [0.2, 0.25) is 0 Å². The largest absolute Gasteiger partial charge is 0.385 e. The van der Waals surface area contributed by atoms with E-state index in [0.717, 1.165) is 12.5 Å². The molecular formula is C16H34O. The van der Waals surface area contributed by atoms with Gasteiger partial charge in [0.15, 0.2) is 0 Å². The maximum atomic E-state index is 5.04. The molecule has 0 saturated heterocycles. The first kappa shape index (κ1) is 17.0. The predicted octanol–water partition coefficient (Wildman–Crippen LogP) is 5.58. The highest BCUT2D eigenvalue weighted by Gasteiger charge is 1.98. The van der Waals surface area contributed by atoms with Crippen LogP contribution in [0.4, 0.5) is 0 Å². The van der Waals surface area contributed by atoms with Crippen molar-refractivity contribution >= 4 is 0 Å². The molecular weight excluding hydrogens is 208 g/mol. The van der Waals surface area contributed by atoms with Gasteiger partial charge in [0.05, 0.1) is 0 Å². The Labute approximate surface area is 109 Å². The topological polar surface area (TPSA) is 9.23 Å². The molecule has 0 rings (SSSR count). The maximum Gasteiger partial charge on any atom is 0.0462 e. The van der Waals surface area contributed by atoms with Crippen LogP contribution in [0.5, 0.6) is 0 Å². The minimum Gasteiger partial charge on any atom is -0.385 e. The summed E-state index contributed by atoms with van der Waals surface area (Å²) < 4.78 is 5.04. The fourth-order valence-electron chi connectivity index (χ4n) is 2.18. The maximum absolute atomic E-state index is 5.04. The molecule has 0 aromatic rings. The molecule has 0 aliphatic heterocycles. The lowest BCUT2D eigenvalue weighted by Crippen LogP contribution is -1.91. The van der Waals surface area contributed by atoms with Crippen LogP contribution in [0.1, 0.15) is 84.5 Å². The fourth-order valence-corrected chi connectivity index (χ4v) is 2.18. The molecule has 0 aromatic carbocycles. The monoisotopic (exact) mass is 242 g/mol. The summed E-state index contributed by atoms with van der Waals surface area (Å²) >= 11 is 0. The van der Waals surface area contributed by atoms with Crippen LogP contribution in [0.15, 0.2) is 0 Å². The molecule has 0 amide bonds. The van der Waals surface area contributed by atoms with E-state index in [0.29, 0.717) is 0 Å². The Balaban J connectivity index is 2.94. The van der Waals surface area contributed by atoms with Crippen molar-refractivity contribution in [2.75, 3.05) is 13.7 Å². The van der Waals surface area contributed by atoms with Gasteiger partial charge < -0.3 is 4.74 Å². The number of hydrogen-bond donors (Lipinski definition) is 0. The van der Waals surface area contributed by atoms with E-state index in [1.54, 1.807) is 7.11 Å². The Bertz CT molecular complexity index is 133. The van der Waals surface area contributed by atoms with Gasteiger partial charge in [-0.15, -0.1) is 0 Å². The number of methoxy groups -OCH3 is 1. The molecule has 0 fully saturated rings. The summed E-state index contributed by atoms with van der Waals surface area (Å²) in [6.07, 6.45) is 15.4. The first-order valence-electron chi connectivity index (χ1n) is 7.80. The molecule has 0 saturated carbocycles. The standard InChI is InChI=1S/C16H34O/c1-4-16(2)14-12-10-8-6-5-7-9-11-13-15-17-3/h16H,4-15H2,1-3H3. The molecule has 0 aliphatic carbocycles. The molecule has 1 atom stereocenters. The lowest BCUT2D eigenvalue weighted by Gasteiger charge is -2.07. The minimum atomic E-state index is 0.940. The Morgan fingerprint density at radius 1 is 0.765 bits per heavy atom. The molecule has 1 nitrogen and oxygen atoms in total. The molecule has 1 heteroatoms. The van der Waals surface area contributed by atoms with Crippen molar-refractivity contribution in [2.45, 2.75) is 84.5 Å².